The molecule has 6 rings (SSSR count). The molecule has 2 heteroatoms. The highest BCUT2D eigenvalue weighted by atomic mass is 15.1. The zero-order chi connectivity index (χ0) is 30.7. The van der Waals surface area contributed by atoms with E-state index in [1.807, 2.05) is 0 Å². The Bertz CT molecular complexity index is 1750. The molecule has 0 aliphatic carbocycles. The average Bonchev–Trinajstić information content (AvgIpc) is 3.06. The summed E-state index contributed by atoms with van der Waals surface area (Å²) in [5.41, 5.74) is 13.7. The van der Waals surface area contributed by atoms with Crippen LogP contribution in [0.2, 0.25) is 0 Å². The number of benzene rings is 3. The maximum Gasteiger partial charge on any atom is 0.216 e. The standard InChI is InChI=1S/C42H48N2/c1-6-9-18-33-22-23-37-38(29-33)41-32(5)17-15-26-44(41)42(7-2,8-3)39(37)25-28-43-27-24-35(34-19-11-10-12-20-34)30-40(43)36-21-14-13-16-31(36)4/h10-17,19-24,26-27,29-30,39H,6-9,18,25,28H2,1-5H3/q+2. The molecule has 0 fully saturated rings. The molecule has 0 saturated carbocycles. The van der Waals surface area contributed by atoms with Gasteiger partial charge in [0.1, 0.15) is 6.54 Å². The molecule has 0 N–H and O–H groups in total. The Morgan fingerprint density at radius 1 is 0.682 bits per heavy atom. The van der Waals surface area contributed by atoms with E-state index in [0.29, 0.717) is 5.92 Å². The lowest BCUT2D eigenvalue weighted by Crippen LogP contribution is -2.62. The van der Waals surface area contributed by atoms with Crippen LogP contribution in [0.5, 0.6) is 0 Å². The number of unbranched alkanes of at least 4 members (excludes halogenated alkanes) is 1. The number of aromatic nitrogens is 2. The average molecular weight is 581 g/mol. The Morgan fingerprint density at radius 3 is 2.18 bits per heavy atom. The van der Waals surface area contributed by atoms with Crippen LogP contribution in [0.15, 0.2) is 109 Å². The van der Waals surface area contributed by atoms with E-state index in [0.717, 1.165) is 32.2 Å². The van der Waals surface area contributed by atoms with E-state index >= 15 is 0 Å². The largest absolute Gasteiger partial charge is 0.216 e. The van der Waals surface area contributed by atoms with Crippen molar-refractivity contribution in [2.75, 3.05) is 0 Å². The maximum absolute atomic E-state index is 2.67. The van der Waals surface area contributed by atoms with Crippen molar-refractivity contribution in [3.05, 3.63) is 132 Å². The van der Waals surface area contributed by atoms with Crippen LogP contribution in [0.4, 0.5) is 0 Å². The Kier molecular flexibility index (Phi) is 8.80. The summed E-state index contributed by atoms with van der Waals surface area (Å²) in [6, 6.07) is 36.3. The van der Waals surface area contributed by atoms with Gasteiger partial charge in [0.2, 0.25) is 11.4 Å². The first-order valence-corrected chi connectivity index (χ1v) is 16.8. The van der Waals surface area contributed by atoms with Gasteiger partial charge in [0.15, 0.2) is 17.9 Å². The fraction of sp³-hybridized carbons (Fsp3) is 0.333. The fourth-order valence-electron chi connectivity index (χ4n) is 7.84. The van der Waals surface area contributed by atoms with Crippen molar-refractivity contribution in [1.29, 1.82) is 0 Å². The van der Waals surface area contributed by atoms with E-state index in [4.69, 9.17) is 0 Å². The highest BCUT2D eigenvalue weighted by Gasteiger charge is 2.51. The normalized spacial score (nSPS) is 15.1. The highest BCUT2D eigenvalue weighted by Crippen LogP contribution is 2.48. The third-order valence-electron chi connectivity index (χ3n) is 10.3. The van der Waals surface area contributed by atoms with Gasteiger partial charge in [-0.25, -0.2) is 0 Å². The van der Waals surface area contributed by atoms with Gasteiger partial charge in [-0.1, -0.05) is 87.9 Å². The molecule has 1 aliphatic rings. The van der Waals surface area contributed by atoms with Crippen molar-refractivity contribution >= 4 is 0 Å². The second-order valence-corrected chi connectivity index (χ2v) is 12.8. The highest BCUT2D eigenvalue weighted by molar-refractivity contribution is 5.70. The molecule has 44 heavy (non-hydrogen) atoms. The molecule has 0 amide bonds. The fourth-order valence-corrected chi connectivity index (χ4v) is 7.84. The monoisotopic (exact) mass is 580 g/mol. The van der Waals surface area contributed by atoms with Crippen LogP contribution in [-0.2, 0) is 18.5 Å². The minimum Gasteiger partial charge on any atom is -0.198 e. The number of hydrogen-bond donors (Lipinski definition) is 0. The van der Waals surface area contributed by atoms with Gasteiger partial charge >= 0.3 is 0 Å². The van der Waals surface area contributed by atoms with E-state index in [1.165, 1.54) is 68.7 Å². The third kappa shape index (κ3) is 5.40. The predicted molar refractivity (Wildman–Crippen MR) is 184 cm³/mol. The zero-order valence-corrected chi connectivity index (χ0v) is 27.3. The lowest BCUT2D eigenvalue weighted by molar-refractivity contribution is -0.765. The number of hydrogen-bond acceptors (Lipinski definition) is 0. The van der Waals surface area contributed by atoms with Crippen LogP contribution in [0.1, 0.15) is 81.0 Å². The van der Waals surface area contributed by atoms with Gasteiger partial charge in [0.25, 0.3) is 0 Å². The molecule has 3 heterocycles. The SMILES string of the molecule is CCCCc1ccc2c(c1)-c1c(C)ccc[n+]1C(CC)(CC)C2CC[n+]1ccc(-c2ccccc2)cc1-c1ccccc1C. The summed E-state index contributed by atoms with van der Waals surface area (Å²) in [6.07, 6.45) is 11.6. The first-order chi connectivity index (χ1) is 21.5. The zero-order valence-electron chi connectivity index (χ0n) is 27.3. The lowest BCUT2D eigenvalue weighted by Gasteiger charge is -2.40. The number of pyridine rings is 2. The molecule has 224 valence electrons. The van der Waals surface area contributed by atoms with Crippen molar-refractivity contribution in [2.24, 2.45) is 0 Å². The summed E-state index contributed by atoms with van der Waals surface area (Å²) < 4.78 is 5.18. The van der Waals surface area contributed by atoms with Crippen LogP contribution in [0.25, 0.3) is 33.6 Å². The summed E-state index contributed by atoms with van der Waals surface area (Å²) in [6.45, 7) is 12.6. The van der Waals surface area contributed by atoms with Gasteiger partial charge in [0, 0.05) is 48.6 Å². The Hall–Kier alpha value is -4.04. The molecule has 0 saturated heterocycles. The second-order valence-electron chi connectivity index (χ2n) is 12.8. The molecule has 2 aromatic heterocycles. The van der Waals surface area contributed by atoms with Gasteiger partial charge in [0.05, 0.1) is 11.5 Å². The van der Waals surface area contributed by atoms with Crippen LogP contribution < -0.4 is 9.13 Å². The molecule has 0 bridgehead atoms. The van der Waals surface area contributed by atoms with Crippen LogP contribution in [0.3, 0.4) is 0 Å². The van der Waals surface area contributed by atoms with Crippen molar-refractivity contribution < 1.29 is 9.13 Å². The minimum atomic E-state index is 0.0344. The quantitative estimate of drug-likeness (QED) is 0.145. The molecule has 1 aliphatic heterocycles. The molecule has 3 aromatic carbocycles. The van der Waals surface area contributed by atoms with Crippen molar-refractivity contribution in [3.8, 4) is 33.6 Å². The van der Waals surface area contributed by atoms with Gasteiger partial charge in [-0.15, -0.1) is 0 Å². The second kappa shape index (κ2) is 12.9. The number of fused-ring (bicyclic) bond motifs is 3. The number of nitrogens with zero attached hydrogens (tertiary/aromatic N) is 2. The van der Waals surface area contributed by atoms with E-state index in [-0.39, 0.29) is 5.54 Å². The van der Waals surface area contributed by atoms with Crippen LogP contribution in [0, 0.1) is 13.8 Å². The summed E-state index contributed by atoms with van der Waals surface area (Å²) in [4.78, 5) is 0. The molecule has 0 radical (unpaired) electrons. The van der Waals surface area contributed by atoms with E-state index < -0.39 is 0 Å². The molecule has 0 spiro atoms. The van der Waals surface area contributed by atoms with Crippen LogP contribution in [-0.4, -0.2) is 0 Å². The minimum absolute atomic E-state index is 0.0344. The maximum atomic E-state index is 2.67. The molecule has 5 aromatic rings. The summed E-state index contributed by atoms with van der Waals surface area (Å²) >= 11 is 0. The Morgan fingerprint density at radius 2 is 1.43 bits per heavy atom. The first-order valence-electron chi connectivity index (χ1n) is 16.8. The van der Waals surface area contributed by atoms with Crippen molar-refractivity contribution in [2.45, 2.75) is 91.1 Å². The van der Waals surface area contributed by atoms with Crippen LogP contribution >= 0.6 is 0 Å². The van der Waals surface area contributed by atoms with Gasteiger partial charge in [-0.2, -0.15) is 9.13 Å². The van der Waals surface area contributed by atoms with Gasteiger partial charge in [-0.05, 0) is 72.7 Å². The number of rotatable bonds is 10. The molecular weight excluding hydrogens is 532 g/mol. The van der Waals surface area contributed by atoms with Gasteiger partial charge in [-0.3, -0.25) is 0 Å². The molecule has 2 nitrogen and oxygen atoms in total. The molecule has 1 unspecified atom stereocenters. The lowest BCUT2D eigenvalue weighted by atomic mass is 9.68. The summed E-state index contributed by atoms with van der Waals surface area (Å²) in [7, 11) is 0. The Labute approximate surface area is 265 Å². The van der Waals surface area contributed by atoms with Crippen molar-refractivity contribution in [1.82, 2.24) is 0 Å². The Balaban J connectivity index is 1.45. The van der Waals surface area contributed by atoms with E-state index in [2.05, 4.69) is 153 Å². The first kappa shape index (κ1) is 30.0. The predicted octanol–water partition coefficient (Wildman–Crippen LogP) is 9.92. The van der Waals surface area contributed by atoms with E-state index in [1.54, 1.807) is 0 Å². The third-order valence-corrected chi connectivity index (χ3v) is 10.3. The van der Waals surface area contributed by atoms with Gasteiger partial charge < -0.3 is 0 Å². The molecular formula is C42H48N2+2. The smallest absolute Gasteiger partial charge is 0.198 e. The molecule has 1 atom stereocenters. The topological polar surface area (TPSA) is 7.76 Å². The van der Waals surface area contributed by atoms with E-state index in [9.17, 15) is 0 Å². The summed E-state index contributed by atoms with van der Waals surface area (Å²) in [5, 5.41) is 0. The number of aryl methyl sites for hydroxylation is 4. The van der Waals surface area contributed by atoms with Crippen molar-refractivity contribution in [3.63, 3.8) is 0 Å². The summed E-state index contributed by atoms with van der Waals surface area (Å²) in [5.74, 6) is 0.415.